The van der Waals surface area contributed by atoms with E-state index in [1.807, 2.05) is 27.1 Å². The Labute approximate surface area is 132 Å². The Balaban J connectivity index is 2.18. The van der Waals surface area contributed by atoms with Gasteiger partial charge >= 0.3 is 0 Å². The number of benzene rings is 1. The Morgan fingerprint density at radius 2 is 1.91 bits per heavy atom. The van der Waals surface area contributed by atoms with E-state index in [-0.39, 0.29) is 0 Å². The summed E-state index contributed by atoms with van der Waals surface area (Å²) >= 11 is 0. The average molecular weight is 294 g/mol. The number of hydrogen-bond donors (Lipinski definition) is 0. The lowest BCUT2D eigenvalue weighted by molar-refractivity contribution is 0.578. The monoisotopic (exact) mass is 294 g/mol. The van der Waals surface area contributed by atoms with E-state index in [0.29, 0.717) is 5.69 Å². The Kier molecular flexibility index (Phi) is 3.89. The molecule has 1 aromatic heterocycles. The first-order valence-electron chi connectivity index (χ1n) is 7.88. The second-order valence-electron chi connectivity index (χ2n) is 6.19. The molecule has 4 nitrogen and oxygen atoms in total. The molecule has 0 bridgehead atoms. The van der Waals surface area contributed by atoms with E-state index >= 15 is 0 Å². The molecule has 22 heavy (non-hydrogen) atoms. The molecule has 1 aromatic carbocycles. The van der Waals surface area contributed by atoms with Crippen molar-refractivity contribution in [2.45, 2.75) is 26.2 Å². The summed E-state index contributed by atoms with van der Waals surface area (Å²) in [7, 11) is 4.05. The van der Waals surface area contributed by atoms with Gasteiger partial charge in [0.2, 0.25) is 0 Å². The minimum atomic E-state index is 0.516. The second-order valence-corrected chi connectivity index (χ2v) is 6.19. The summed E-state index contributed by atoms with van der Waals surface area (Å²) in [6.07, 6.45) is 3.87. The van der Waals surface area contributed by atoms with Crippen molar-refractivity contribution in [1.82, 2.24) is 4.98 Å². The highest BCUT2D eigenvalue weighted by atomic mass is 15.1. The molecular formula is C18H22N4. The van der Waals surface area contributed by atoms with Crippen molar-refractivity contribution < 1.29 is 0 Å². The summed E-state index contributed by atoms with van der Waals surface area (Å²) in [5.41, 5.74) is 4.73. The lowest BCUT2D eigenvalue weighted by Crippen LogP contribution is -2.29. The summed E-state index contributed by atoms with van der Waals surface area (Å²) in [5, 5.41) is 10.4. The number of anilines is 2. The highest BCUT2D eigenvalue weighted by molar-refractivity contribution is 5.96. The van der Waals surface area contributed by atoms with Gasteiger partial charge in [0.15, 0.2) is 0 Å². The van der Waals surface area contributed by atoms with Crippen molar-refractivity contribution in [3.63, 3.8) is 0 Å². The molecule has 0 spiro atoms. The van der Waals surface area contributed by atoms with Crippen LogP contribution in [0.15, 0.2) is 18.2 Å². The molecule has 2 aromatic rings. The predicted molar refractivity (Wildman–Crippen MR) is 91.6 cm³/mol. The van der Waals surface area contributed by atoms with Crippen molar-refractivity contribution in [3.05, 3.63) is 29.5 Å². The van der Waals surface area contributed by atoms with Gasteiger partial charge in [-0.25, -0.2) is 4.98 Å². The Hall–Kier alpha value is -2.28. The van der Waals surface area contributed by atoms with E-state index < -0.39 is 0 Å². The lowest BCUT2D eigenvalue weighted by Gasteiger charge is -2.29. The molecule has 0 aliphatic carbocycles. The molecule has 0 radical (unpaired) electrons. The van der Waals surface area contributed by atoms with E-state index in [2.05, 4.69) is 33.0 Å². The van der Waals surface area contributed by atoms with Gasteiger partial charge in [-0.2, -0.15) is 5.26 Å². The Morgan fingerprint density at radius 1 is 1.18 bits per heavy atom. The van der Waals surface area contributed by atoms with E-state index in [0.717, 1.165) is 35.2 Å². The average Bonchev–Trinajstić information content (AvgIpc) is 2.54. The van der Waals surface area contributed by atoms with Gasteiger partial charge in [-0.3, -0.25) is 0 Å². The first-order chi connectivity index (χ1) is 10.6. The van der Waals surface area contributed by atoms with Gasteiger partial charge in [-0.1, -0.05) is 0 Å². The van der Waals surface area contributed by atoms with Gasteiger partial charge < -0.3 is 9.80 Å². The van der Waals surface area contributed by atoms with Crippen molar-refractivity contribution in [1.29, 1.82) is 5.26 Å². The standard InChI is InChI=1S/C18H22N4/c1-13-17(12-19)20-16-8-7-14(22-9-5-4-6-10-22)11-15(16)18(13)21(2)3/h7-8,11H,4-6,9-10H2,1-3H3. The maximum absolute atomic E-state index is 9.30. The number of nitrogens with zero attached hydrogens (tertiary/aromatic N) is 4. The molecular weight excluding hydrogens is 272 g/mol. The Bertz CT molecular complexity index is 737. The number of aromatic nitrogens is 1. The van der Waals surface area contributed by atoms with Gasteiger partial charge in [0.05, 0.1) is 11.2 Å². The molecule has 1 saturated heterocycles. The van der Waals surface area contributed by atoms with Crippen LogP contribution in [0, 0.1) is 18.3 Å². The number of fused-ring (bicyclic) bond motifs is 1. The molecule has 1 aliphatic heterocycles. The van der Waals surface area contributed by atoms with Gasteiger partial charge in [0.1, 0.15) is 11.8 Å². The maximum Gasteiger partial charge on any atom is 0.146 e. The van der Waals surface area contributed by atoms with Gasteiger partial charge in [0.25, 0.3) is 0 Å². The summed E-state index contributed by atoms with van der Waals surface area (Å²) in [5.74, 6) is 0. The summed E-state index contributed by atoms with van der Waals surface area (Å²) < 4.78 is 0. The summed E-state index contributed by atoms with van der Waals surface area (Å²) in [4.78, 5) is 9.05. The zero-order valence-electron chi connectivity index (χ0n) is 13.6. The van der Waals surface area contributed by atoms with E-state index in [9.17, 15) is 5.26 Å². The summed E-state index contributed by atoms with van der Waals surface area (Å²) in [6.45, 7) is 4.24. The smallest absolute Gasteiger partial charge is 0.146 e. The van der Waals surface area contributed by atoms with Crippen molar-refractivity contribution >= 4 is 22.3 Å². The lowest BCUT2D eigenvalue weighted by atomic mass is 10.0. The van der Waals surface area contributed by atoms with Crippen LogP contribution in [0.1, 0.15) is 30.5 Å². The molecule has 0 atom stereocenters. The number of nitriles is 1. The second kappa shape index (κ2) is 5.84. The first kappa shape index (κ1) is 14.6. The fraction of sp³-hybridized carbons (Fsp3) is 0.444. The first-order valence-corrected chi connectivity index (χ1v) is 7.88. The van der Waals surface area contributed by atoms with Crippen LogP contribution in [0.25, 0.3) is 10.9 Å². The molecule has 0 N–H and O–H groups in total. The van der Waals surface area contributed by atoms with Crippen molar-refractivity contribution in [3.8, 4) is 6.07 Å². The molecule has 0 amide bonds. The predicted octanol–water partition coefficient (Wildman–Crippen LogP) is 3.47. The van der Waals surface area contributed by atoms with Crippen LogP contribution in [-0.4, -0.2) is 32.2 Å². The van der Waals surface area contributed by atoms with Gasteiger partial charge in [-0.15, -0.1) is 0 Å². The van der Waals surface area contributed by atoms with Crippen LogP contribution < -0.4 is 9.80 Å². The molecule has 4 heteroatoms. The van der Waals surface area contributed by atoms with Crippen molar-refractivity contribution in [2.24, 2.45) is 0 Å². The molecule has 0 unspecified atom stereocenters. The highest BCUT2D eigenvalue weighted by Gasteiger charge is 2.16. The molecule has 2 heterocycles. The normalized spacial score (nSPS) is 14.9. The van der Waals surface area contributed by atoms with Crippen LogP contribution in [-0.2, 0) is 0 Å². The fourth-order valence-corrected chi connectivity index (χ4v) is 3.36. The highest BCUT2D eigenvalue weighted by Crippen LogP contribution is 2.33. The topological polar surface area (TPSA) is 43.2 Å². The third-order valence-corrected chi connectivity index (χ3v) is 4.45. The molecule has 3 rings (SSSR count). The van der Waals surface area contributed by atoms with Crippen LogP contribution in [0.3, 0.4) is 0 Å². The molecule has 114 valence electrons. The summed E-state index contributed by atoms with van der Waals surface area (Å²) in [6, 6.07) is 8.63. The molecule has 1 aliphatic rings. The minimum Gasteiger partial charge on any atom is -0.377 e. The van der Waals surface area contributed by atoms with Gasteiger partial charge in [-0.05, 0) is 44.4 Å². The van der Waals surface area contributed by atoms with Crippen LogP contribution >= 0.6 is 0 Å². The maximum atomic E-state index is 9.30. The number of rotatable bonds is 2. The zero-order chi connectivity index (χ0) is 15.7. The number of hydrogen-bond acceptors (Lipinski definition) is 4. The molecule has 1 fully saturated rings. The third kappa shape index (κ3) is 2.48. The van der Waals surface area contributed by atoms with Crippen LogP contribution in [0.5, 0.6) is 0 Å². The van der Waals surface area contributed by atoms with Crippen LogP contribution in [0.4, 0.5) is 11.4 Å². The third-order valence-electron chi connectivity index (χ3n) is 4.45. The quantitative estimate of drug-likeness (QED) is 0.850. The SMILES string of the molecule is Cc1c(C#N)nc2ccc(N3CCCCC3)cc2c1N(C)C. The largest absolute Gasteiger partial charge is 0.377 e. The van der Waals surface area contributed by atoms with E-state index in [1.54, 1.807) is 0 Å². The van der Waals surface area contributed by atoms with Gasteiger partial charge in [0, 0.05) is 43.8 Å². The Morgan fingerprint density at radius 3 is 2.55 bits per heavy atom. The number of piperidine rings is 1. The van der Waals surface area contributed by atoms with E-state index in [4.69, 9.17) is 0 Å². The minimum absolute atomic E-state index is 0.516. The number of pyridine rings is 1. The van der Waals surface area contributed by atoms with Crippen LogP contribution in [0.2, 0.25) is 0 Å². The van der Waals surface area contributed by atoms with Crippen molar-refractivity contribution in [2.75, 3.05) is 37.0 Å². The molecule has 0 saturated carbocycles. The van der Waals surface area contributed by atoms with E-state index in [1.165, 1.54) is 24.9 Å². The fourth-order valence-electron chi connectivity index (χ4n) is 3.36. The zero-order valence-corrected chi connectivity index (χ0v) is 13.6.